The van der Waals surface area contributed by atoms with E-state index >= 15 is 0 Å². The Hall–Kier alpha value is -2.90. The van der Waals surface area contributed by atoms with E-state index in [2.05, 4.69) is 4.74 Å². The van der Waals surface area contributed by atoms with Gasteiger partial charge in [-0.1, -0.05) is 74.2 Å². The first-order valence-electron chi connectivity index (χ1n) is 15.9. The molecular formula is C34H47NO10. The number of benzene rings is 2. The number of carbonyl (C=O) groups excluding carboxylic acids is 2. The zero-order valence-corrected chi connectivity index (χ0v) is 25.9. The lowest BCUT2D eigenvalue weighted by Gasteiger charge is -2.29. The van der Waals surface area contributed by atoms with E-state index in [0.717, 1.165) is 44.1 Å². The summed E-state index contributed by atoms with van der Waals surface area (Å²) in [6.45, 7) is 0.642. The largest absolute Gasteiger partial charge is 0.469 e. The normalized spacial score (nSPS) is 26.6. The molecule has 0 radical (unpaired) electrons. The summed E-state index contributed by atoms with van der Waals surface area (Å²) in [5.41, 5.74) is 1.32. The van der Waals surface area contributed by atoms with E-state index in [0.29, 0.717) is 18.6 Å². The second-order valence-electron chi connectivity index (χ2n) is 11.6. The molecule has 2 saturated heterocycles. The maximum Gasteiger partial charge on any atom is 0.338 e. The van der Waals surface area contributed by atoms with E-state index in [-0.39, 0.29) is 32.3 Å². The fourth-order valence-electron chi connectivity index (χ4n) is 5.83. The monoisotopic (exact) mass is 629 g/mol. The van der Waals surface area contributed by atoms with Gasteiger partial charge in [-0.25, -0.2) is 4.79 Å². The van der Waals surface area contributed by atoms with Crippen LogP contribution in [0, 0.1) is 0 Å². The molecule has 4 rings (SSSR count). The minimum absolute atomic E-state index is 0.150. The highest BCUT2D eigenvalue weighted by Crippen LogP contribution is 2.32. The Balaban J connectivity index is 1.43. The second-order valence-corrected chi connectivity index (χ2v) is 11.6. The number of rotatable bonds is 18. The van der Waals surface area contributed by atoms with Gasteiger partial charge in [0.1, 0.15) is 12.2 Å². The fraction of sp³-hybridized carbons (Fsp3) is 0.588. The molecule has 2 aromatic carbocycles. The summed E-state index contributed by atoms with van der Waals surface area (Å²) in [4.78, 5) is 26.3. The zero-order chi connectivity index (χ0) is 32.0. The van der Waals surface area contributed by atoms with Gasteiger partial charge in [-0.3, -0.25) is 9.69 Å². The van der Waals surface area contributed by atoms with Crippen LogP contribution in [0.25, 0.3) is 0 Å². The van der Waals surface area contributed by atoms with Crippen molar-refractivity contribution in [2.45, 2.75) is 94.4 Å². The highest BCUT2D eigenvalue weighted by Gasteiger charge is 2.51. The Morgan fingerprint density at radius 3 is 2.24 bits per heavy atom. The maximum atomic E-state index is 13.2. The summed E-state index contributed by atoms with van der Waals surface area (Å²) in [6, 6.07) is 17.6. The van der Waals surface area contributed by atoms with Crippen LogP contribution in [0.5, 0.6) is 0 Å². The maximum absolute atomic E-state index is 13.2. The smallest absolute Gasteiger partial charge is 0.338 e. The topological polar surface area (TPSA) is 144 Å². The van der Waals surface area contributed by atoms with Crippen molar-refractivity contribution >= 4 is 11.9 Å². The lowest BCUT2D eigenvalue weighted by atomic mass is 10.1. The number of methoxy groups -OCH3 is 1. The van der Waals surface area contributed by atoms with E-state index in [1.807, 2.05) is 36.4 Å². The van der Waals surface area contributed by atoms with Gasteiger partial charge in [-0.15, -0.1) is 0 Å². The van der Waals surface area contributed by atoms with Crippen molar-refractivity contribution in [3.05, 3.63) is 71.8 Å². The number of hydrogen-bond donors (Lipinski definition) is 3. The Morgan fingerprint density at radius 2 is 1.56 bits per heavy atom. The standard InChI is InChI=1S/C34H47NO10/c1-41-29(38)18-12-4-2-3-5-13-19-42-34-32(45-33(40)25-16-10-7-11-17-25)31(43-23-24-14-8-6-9-15-24)28(44-34)21-35-20-27(37)30(39)26(35)22-36/h6-11,14-17,26-28,30-32,34,36-37,39H,2-5,12-13,18-23H2,1H3/t26-,27-,28-,30-,31-,32+,34+/m1/s1. The summed E-state index contributed by atoms with van der Waals surface area (Å²) in [5, 5.41) is 30.6. The molecule has 45 heavy (non-hydrogen) atoms. The third-order valence-corrected chi connectivity index (χ3v) is 8.37. The minimum atomic E-state index is -1.10. The number of carbonyl (C=O) groups is 2. The molecule has 0 amide bonds. The minimum Gasteiger partial charge on any atom is -0.469 e. The highest BCUT2D eigenvalue weighted by molar-refractivity contribution is 5.89. The number of likely N-dealkylation sites (tertiary alicyclic amines) is 1. The van der Waals surface area contributed by atoms with E-state index in [9.17, 15) is 24.9 Å². The molecule has 0 spiro atoms. The molecule has 2 heterocycles. The summed E-state index contributed by atoms with van der Waals surface area (Å²) < 4.78 is 29.7. The third-order valence-electron chi connectivity index (χ3n) is 8.37. The molecule has 2 fully saturated rings. The summed E-state index contributed by atoms with van der Waals surface area (Å²) in [6.07, 6.45) is 0.616. The molecule has 0 bridgehead atoms. The van der Waals surface area contributed by atoms with Crippen molar-refractivity contribution in [1.82, 2.24) is 4.90 Å². The summed E-state index contributed by atoms with van der Waals surface area (Å²) in [5.74, 6) is -0.713. The quantitative estimate of drug-likeness (QED) is 0.165. The van der Waals surface area contributed by atoms with Gasteiger partial charge in [0.2, 0.25) is 0 Å². The molecule has 0 aromatic heterocycles. The first-order valence-corrected chi connectivity index (χ1v) is 15.9. The van der Waals surface area contributed by atoms with Gasteiger partial charge in [0.25, 0.3) is 0 Å². The van der Waals surface area contributed by atoms with Crippen LogP contribution in [0.1, 0.15) is 60.9 Å². The Morgan fingerprint density at radius 1 is 0.889 bits per heavy atom. The van der Waals surface area contributed by atoms with Crippen molar-refractivity contribution < 1.29 is 48.6 Å². The van der Waals surface area contributed by atoms with Crippen molar-refractivity contribution in [1.29, 1.82) is 0 Å². The van der Waals surface area contributed by atoms with Gasteiger partial charge in [0, 0.05) is 26.1 Å². The predicted molar refractivity (Wildman–Crippen MR) is 164 cm³/mol. The fourth-order valence-corrected chi connectivity index (χ4v) is 5.83. The summed E-state index contributed by atoms with van der Waals surface area (Å²) >= 11 is 0. The molecule has 7 atom stereocenters. The number of aliphatic hydroxyl groups is 3. The van der Waals surface area contributed by atoms with Crippen LogP contribution in [0.3, 0.4) is 0 Å². The number of esters is 2. The van der Waals surface area contributed by atoms with Crippen LogP contribution in [-0.2, 0) is 35.1 Å². The van der Waals surface area contributed by atoms with E-state index in [1.165, 1.54) is 7.11 Å². The average Bonchev–Trinajstić information content (AvgIpc) is 3.52. The molecule has 11 heteroatoms. The van der Waals surface area contributed by atoms with Crippen LogP contribution >= 0.6 is 0 Å². The molecule has 2 aliphatic heterocycles. The molecule has 0 aliphatic carbocycles. The van der Waals surface area contributed by atoms with E-state index < -0.39 is 48.8 Å². The number of aliphatic hydroxyl groups excluding tert-OH is 3. The number of nitrogens with zero attached hydrogens (tertiary/aromatic N) is 1. The van der Waals surface area contributed by atoms with Crippen LogP contribution in [-0.4, -0.2) is 108 Å². The highest BCUT2D eigenvalue weighted by atomic mass is 16.7. The van der Waals surface area contributed by atoms with E-state index in [1.54, 1.807) is 29.2 Å². The first-order chi connectivity index (χ1) is 21.9. The van der Waals surface area contributed by atoms with Gasteiger partial charge >= 0.3 is 11.9 Å². The lowest BCUT2D eigenvalue weighted by Crippen LogP contribution is -2.47. The average molecular weight is 630 g/mol. The van der Waals surface area contributed by atoms with Crippen molar-refractivity contribution in [2.75, 3.05) is 33.4 Å². The molecule has 248 valence electrons. The molecule has 11 nitrogen and oxygen atoms in total. The molecule has 3 N–H and O–H groups in total. The van der Waals surface area contributed by atoms with Crippen molar-refractivity contribution in [3.63, 3.8) is 0 Å². The molecule has 0 unspecified atom stereocenters. The van der Waals surface area contributed by atoms with Gasteiger partial charge in [-0.2, -0.15) is 0 Å². The number of hydrogen-bond acceptors (Lipinski definition) is 11. The van der Waals surface area contributed by atoms with E-state index in [4.69, 9.17) is 18.9 Å². The molecule has 2 aliphatic rings. The predicted octanol–water partition coefficient (Wildman–Crippen LogP) is 2.84. The van der Waals surface area contributed by atoms with Crippen LogP contribution < -0.4 is 0 Å². The SMILES string of the molecule is COC(=O)CCCCCCCCO[C@H]1O[C@H](CN2C[C@@H](O)[C@H](O)[C@H]2CO)[C@@H](OCc2ccccc2)[C@@H]1OC(=O)c1ccccc1. The van der Waals surface area contributed by atoms with Crippen molar-refractivity contribution in [2.24, 2.45) is 0 Å². The Kier molecular flexibility index (Phi) is 14.2. The van der Waals surface area contributed by atoms with Gasteiger partial charge in [0.15, 0.2) is 12.4 Å². The second kappa shape index (κ2) is 18.3. The zero-order valence-electron chi connectivity index (χ0n) is 25.9. The van der Waals surface area contributed by atoms with Crippen LogP contribution in [0.15, 0.2) is 60.7 Å². The van der Waals surface area contributed by atoms with Gasteiger partial charge < -0.3 is 39.0 Å². The van der Waals surface area contributed by atoms with Crippen LogP contribution in [0.4, 0.5) is 0 Å². The third kappa shape index (κ3) is 10.3. The first kappa shape index (κ1) is 35.0. The van der Waals surface area contributed by atoms with Crippen molar-refractivity contribution in [3.8, 4) is 0 Å². The van der Waals surface area contributed by atoms with Gasteiger partial charge in [-0.05, 0) is 30.5 Å². The Labute approximate surface area is 265 Å². The number of unbranched alkanes of at least 4 members (excludes halogenated alkanes) is 5. The van der Waals surface area contributed by atoms with Crippen LogP contribution in [0.2, 0.25) is 0 Å². The Bertz CT molecular complexity index is 1150. The van der Waals surface area contributed by atoms with Gasteiger partial charge in [0.05, 0.1) is 44.1 Å². The lowest BCUT2D eigenvalue weighted by molar-refractivity contribution is -0.169. The molecular weight excluding hydrogens is 582 g/mol. The molecule has 2 aromatic rings. The number of ether oxygens (including phenoxy) is 5. The number of β-amino-alcohol motifs (C(OH)–C–C–N with tert-alkyl or cyclic N) is 1. The molecule has 0 saturated carbocycles. The summed E-state index contributed by atoms with van der Waals surface area (Å²) in [7, 11) is 1.40.